The van der Waals surface area contributed by atoms with Gasteiger partial charge in [0.15, 0.2) is 0 Å². The van der Waals surface area contributed by atoms with Crippen LogP contribution in [0, 0.1) is 5.92 Å². The van der Waals surface area contributed by atoms with Crippen molar-refractivity contribution in [3.05, 3.63) is 29.8 Å². The maximum atomic E-state index is 10.2. The van der Waals surface area contributed by atoms with Crippen LogP contribution in [-0.2, 0) is 0 Å². The molecule has 1 heterocycles. The monoisotopic (exact) mass is 207 g/mol. The Labute approximate surface area is 90.3 Å². The second-order valence-electron chi connectivity index (χ2n) is 4.32. The standard InChI is InChI=1S/C12H17NO2/c1-13(2)7-9-8-15-11-6-4-3-5-10(11)12(9)14/h3-6,9,12,14H,7-8H2,1-2H3/t9-,12+/m0/s1. The van der Waals surface area contributed by atoms with E-state index in [2.05, 4.69) is 4.90 Å². The maximum absolute atomic E-state index is 10.2. The highest BCUT2D eigenvalue weighted by Crippen LogP contribution is 2.34. The number of rotatable bonds is 2. The van der Waals surface area contributed by atoms with Gasteiger partial charge < -0.3 is 14.7 Å². The Kier molecular flexibility index (Phi) is 2.93. The average Bonchev–Trinajstić information content (AvgIpc) is 2.22. The molecule has 1 aromatic rings. The molecular weight excluding hydrogens is 190 g/mol. The van der Waals surface area contributed by atoms with Gasteiger partial charge in [0.25, 0.3) is 0 Å². The van der Waals surface area contributed by atoms with Gasteiger partial charge in [-0.25, -0.2) is 0 Å². The van der Waals surface area contributed by atoms with Crippen LogP contribution in [-0.4, -0.2) is 37.3 Å². The number of fused-ring (bicyclic) bond motifs is 1. The third-order valence-electron chi connectivity index (χ3n) is 2.74. The number of hydrogen-bond donors (Lipinski definition) is 1. The van der Waals surface area contributed by atoms with E-state index in [1.54, 1.807) is 0 Å². The second-order valence-corrected chi connectivity index (χ2v) is 4.32. The topological polar surface area (TPSA) is 32.7 Å². The summed E-state index contributed by atoms with van der Waals surface area (Å²) in [7, 11) is 4.01. The van der Waals surface area contributed by atoms with Crippen LogP contribution in [0.1, 0.15) is 11.7 Å². The zero-order chi connectivity index (χ0) is 10.8. The molecule has 0 aliphatic carbocycles. The summed E-state index contributed by atoms with van der Waals surface area (Å²) in [4.78, 5) is 2.07. The van der Waals surface area contributed by atoms with Crippen molar-refractivity contribution in [3.63, 3.8) is 0 Å². The van der Waals surface area contributed by atoms with Crippen LogP contribution >= 0.6 is 0 Å². The van der Waals surface area contributed by atoms with E-state index >= 15 is 0 Å². The van der Waals surface area contributed by atoms with Crippen molar-refractivity contribution >= 4 is 0 Å². The molecule has 3 heteroatoms. The number of para-hydroxylation sites is 1. The first kappa shape index (κ1) is 10.5. The fraction of sp³-hybridized carbons (Fsp3) is 0.500. The number of aliphatic hydroxyl groups excluding tert-OH is 1. The van der Waals surface area contributed by atoms with E-state index < -0.39 is 6.10 Å². The minimum Gasteiger partial charge on any atom is -0.493 e. The first-order valence-corrected chi connectivity index (χ1v) is 5.23. The normalized spacial score (nSPS) is 24.8. The third-order valence-corrected chi connectivity index (χ3v) is 2.74. The lowest BCUT2D eigenvalue weighted by Gasteiger charge is -2.31. The fourth-order valence-electron chi connectivity index (χ4n) is 2.02. The lowest BCUT2D eigenvalue weighted by molar-refractivity contribution is 0.0369. The molecule has 0 saturated carbocycles. The molecule has 0 amide bonds. The van der Waals surface area contributed by atoms with E-state index in [0.717, 1.165) is 17.9 Å². The number of benzene rings is 1. The van der Waals surface area contributed by atoms with Gasteiger partial charge in [-0.3, -0.25) is 0 Å². The first-order valence-electron chi connectivity index (χ1n) is 5.23. The predicted octanol–water partition coefficient (Wildman–Crippen LogP) is 1.29. The lowest BCUT2D eigenvalue weighted by atomic mass is 9.93. The molecule has 1 N–H and O–H groups in total. The molecule has 0 saturated heterocycles. The number of hydrogen-bond acceptors (Lipinski definition) is 3. The van der Waals surface area contributed by atoms with Gasteiger partial charge in [0.2, 0.25) is 0 Å². The van der Waals surface area contributed by atoms with Gasteiger partial charge in [-0.05, 0) is 20.2 Å². The lowest BCUT2D eigenvalue weighted by Crippen LogP contribution is -2.34. The minimum atomic E-state index is -0.405. The molecule has 0 bridgehead atoms. The zero-order valence-corrected chi connectivity index (χ0v) is 9.18. The van der Waals surface area contributed by atoms with E-state index in [-0.39, 0.29) is 5.92 Å². The van der Waals surface area contributed by atoms with Crippen molar-refractivity contribution in [1.82, 2.24) is 4.90 Å². The van der Waals surface area contributed by atoms with Crippen molar-refractivity contribution in [1.29, 1.82) is 0 Å². The van der Waals surface area contributed by atoms with E-state index in [4.69, 9.17) is 4.74 Å². The third kappa shape index (κ3) is 2.13. The Morgan fingerprint density at radius 3 is 2.87 bits per heavy atom. The Bertz CT molecular complexity index is 338. The molecule has 15 heavy (non-hydrogen) atoms. The van der Waals surface area contributed by atoms with E-state index in [1.807, 2.05) is 38.4 Å². The number of nitrogens with zero attached hydrogens (tertiary/aromatic N) is 1. The maximum Gasteiger partial charge on any atom is 0.125 e. The Balaban J connectivity index is 2.18. The Morgan fingerprint density at radius 1 is 1.40 bits per heavy atom. The van der Waals surface area contributed by atoms with Crippen LogP contribution in [0.5, 0.6) is 5.75 Å². The summed E-state index contributed by atoms with van der Waals surface area (Å²) in [6.45, 7) is 1.44. The summed E-state index contributed by atoms with van der Waals surface area (Å²) < 4.78 is 5.62. The van der Waals surface area contributed by atoms with Gasteiger partial charge in [0.1, 0.15) is 5.75 Å². The molecule has 1 aliphatic heterocycles. The van der Waals surface area contributed by atoms with Gasteiger partial charge in [-0.1, -0.05) is 18.2 Å². The molecule has 3 nitrogen and oxygen atoms in total. The Morgan fingerprint density at radius 2 is 2.13 bits per heavy atom. The van der Waals surface area contributed by atoms with Crippen molar-refractivity contribution in [2.45, 2.75) is 6.10 Å². The quantitative estimate of drug-likeness (QED) is 0.793. The molecule has 0 spiro atoms. The molecule has 0 unspecified atom stereocenters. The highest BCUT2D eigenvalue weighted by atomic mass is 16.5. The predicted molar refractivity (Wildman–Crippen MR) is 58.9 cm³/mol. The average molecular weight is 207 g/mol. The molecule has 2 atom stereocenters. The molecule has 82 valence electrons. The molecule has 1 aliphatic rings. The van der Waals surface area contributed by atoms with Crippen molar-refractivity contribution in [2.24, 2.45) is 5.92 Å². The minimum absolute atomic E-state index is 0.162. The van der Waals surface area contributed by atoms with Crippen molar-refractivity contribution in [3.8, 4) is 5.75 Å². The van der Waals surface area contributed by atoms with E-state index in [1.165, 1.54) is 0 Å². The highest BCUT2D eigenvalue weighted by Gasteiger charge is 2.29. The van der Waals surface area contributed by atoms with E-state index in [9.17, 15) is 5.11 Å². The molecule has 0 fully saturated rings. The van der Waals surface area contributed by atoms with Gasteiger partial charge in [0.05, 0.1) is 12.7 Å². The smallest absolute Gasteiger partial charge is 0.125 e. The molecule has 0 aromatic heterocycles. The molecule has 2 rings (SSSR count). The summed E-state index contributed by atoms with van der Waals surface area (Å²) in [5.74, 6) is 0.981. The number of aliphatic hydroxyl groups is 1. The number of ether oxygens (including phenoxy) is 1. The fourth-order valence-corrected chi connectivity index (χ4v) is 2.02. The van der Waals surface area contributed by atoms with Gasteiger partial charge in [-0.2, -0.15) is 0 Å². The van der Waals surface area contributed by atoms with Crippen LogP contribution in [0.25, 0.3) is 0 Å². The highest BCUT2D eigenvalue weighted by molar-refractivity contribution is 5.37. The largest absolute Gasteiger partial charge is 0.493 e. The van der Waals surface area contributed by atoms with Crippen LogP contribution < -0.4 is 4.74 Å². The SMILES string of the molecule is CN(C)C[C@H]1COc2ccccc2[C@@H]1O. The van der Waals surface area contributed by atoms with Crippen molar-refractivity contribution < 1.29 is 9.84 Å². The van der Waals surface area contributed by atoms with Crippen LogP contribution in [0.15, 0.2) is 24.3 Å². The summed E-state index contributed by atoms with van der Waals surface area (Å²) >= 11 is 0. The second kappa shape index (κ2) is 4.21. The Hall–Kier alpha value is -1.06. The molecular formula is C12H17NO2. The molecule has 0 radical (unpaired) electrons. The van der Waals surface area contributed by atoms with Gasteiger partial charge >= 0.3 is 0 Å². The summed E-state index contributed by atoms with van der Waals surface area (Å²) in [6, 6.07) is 7.70. The first-order chi connectivity index (χ1) is 7.18. The van der Waals surface area contributed by atoms with Crippen LogP contribution in [0.2, 0.25) is 0 Å². The van der Waals surface area contributed by atoms with Crippen molar-refractivity contribution in [2.75, 3.05) is 27.2 Å². The van der Waals surface area contributed by atoms with Crippen LogP contribution in [0.3, 0.4) is 0 Å². The van der Waals surface area contributed by atoms with Gasteiger partial charge in [0, 0.05) is 18.0 Å². The van der Waals surface area contributed by atoms with Crippen LogP contribution in [0.4, 0.5) is 0 Å². The molecule has 1 aromatic carbocycles. The summed E-state index contributed by atoms with van der Waals surface area (Å²) in [6.07, 6.45) is -0.405. The van der Waals surface area contributed by atoms with Gasteiger partial charge in [-0.15, -0.1) is 0 Å². The summed E-state index contributed by atoms with van der Waals surface area (Å²) in [5, 5.41) is 10.2. The zero-order valence-electron chi connectivity index (χ0n) is 9.18. The van der Waals surface area contributed by atoms with E-state index in [0.29, 0.717) is 6.61 Å². The summed E-state index contributed by atoms with van der Waals surface area (Å²) in [5.41, 5.74) is 0.913.